The number of benzene rings is 1. The Morgan fingerprint density at radius 1 is 1.53 bits per heavy atom. The quantitative estimate of drug-likeness (QED) is 0.858. The average Bonchev–Trinajstić information content (AvgIpc) is 2.28. The standard InChI is InChI=1S/C13H18FNO2/c1-4-5-9(2)15(3)12-7-6-10(14)8-11(12)13(16)17/h6-9H,4-5H2,1-3H3,(H,16,17). The molecule has 1 unspecified atom stereocenters. The molecule has 3 nitrogen and oxygen atoms in total. The Bertz CT molecular complexity index is 406. The third-order valence-corrected chi connectivity index (χ3v) is 2.94. The molecule has 0 spiro atoms. The molecule has 1 N–H and O–H groups in total. The van der Waals surface area contributed by atoms with Crippen molar-refractivity contribution in [3.63, 3.8) is 0 Å². The fourth-order valence-electron chi connectivity index (χ4n) is 1.84. The summed E-state index contributed by atoms with van der Waals surface area (Å²) in [5.41, 5.74) is 0.565. The maximum Gasteiger partial charge on any atom is 0.337 e. The summed E-state index contributed by atoms with van der Waals surface area (Å²) in [5.74, 6) is -1.63. The van der Waals surface area contributed by atoms with Gasteiger partial charge in [-0.3, -0.25) is 0 Å². The van der Waals surface area contributed by atoms with E-state index in [-0.39, 0.29) is 11.6 Å². The summed E-state index contributed by atoms with van der Waals surface area (Å²) in [6.45, 7) is 4.10. The Kier molecular flexibility index (Phi) is 4.49. The van der Waals surface area contributed by atoms with E-state index in [4.69, 9.17) is 5.11 Å². The Balaban J connectivity index is 3.08. The van der Waals surface area contributed by atoms with Crippen molar-refractivity contribution in [2.24, 2.45) is 0 Å². The van der Waals surface area contributed by atoms with E-state index in [0.717, 1.165) is 18.9 Å². The van der Waals surface area contributed by atoms with Crippen molar-refractivity contribution in [1.29, 1.82) is 0 Å². The maximum atomic E-state index is 13.0. The Morgan fingerprint density at radius 2 is 2.18 bits per heavy atom. The molecular weight excluding hydrogens is 221 g/mol. The highest BCUT2D eigenvalue weighted by Gasteiger charge is 2.17. The van der Waals surface area contributed by atoms with Crippen LogP contribution < -0.4 is 4.90 Å². The number of carboxylic acids is 1. The first-order valence-electron chi connectivity index (χ1n) is 5.73. The number of anilines is 1. The van der Waals surface area contributed by atoms with Crippen molar-refractivity contribution in [1.82, 2.24) is 0 Å². The highest BCUT2D eigenvalue weighted by molar-refractivity contribution is 5.94. The number of hydrogen-bond donors (Lipinski definition) is 1. The SMILES string of the molecule is CCCC(C)N(C)c1ccc(F)cc1C(=O)O. The molecule has 0 aliphatic carbocycles. The van der Waals surface area contributed by atoms with Gasteiger partial charge in [-0.2, -0.15) is 0 Å². The van der Waals surface area contributed by atoms with Gasteiger partial charge in [0.2, 0.25) is 0 Å². The van der Waals surface area contributed by atoms with Gasteiger partial charge in [-0.25, -0.2) is 9.18 Å². The summed E-state index contributed by atoms with van der Waals surface area (Å²) in [5, 5.41) is 9.06. The van der Waals surface area contributed by atoms with Gasteiger partial charge in [0, 0.05) is 13.1 Å². The van der Waals surface area contributed by atoms with E-state index in [1.54, 1.807) is 0 Å². The number of carboxylic acid groups (broad SMARTS) is 1. The van der Waals surface area contributed by atoms with Gasteiger partial charge in [0.15, 0.2) is 0 Å². The lowest BCUT2D eigenvalue weighted by Gasteiger charge is -2.28. The normalized spacial score (nSPS) is 12.2. The van der Waals surface area contributed by atoms with E-state index >= 15 is 0 Å². The lowest BCUT2D eigenvalue weighted by atomic mass is 10.1. The largest absolute Gasteiger partial charge is 0.478 e. The molecular formula is C13H18FNO2. The zero-order valence-electron chi connectivity index (χ0n) is 10.4. The van der Waals surface area contributed by atoms with Crippen LogP contribution in [0.1, 0.15) is 37.0 Å². The van der Waals surface area contributed by atoms with E-state index < -0.39 is 11.8 Å². The second-order valence-corrected chi connectivity index (χ2v) is 4.22. The summed E-state index contributed by atoms with van der Waals surface area (Å²) in [6, 6.07) is 4.10. The highest BCUT2D eigenvalue weighted by Crippen LogP contribution is 2.23. The Hall–Kier alpha value is -1.58. The minimum absolute atomic E-state index is 0.00968. The minimum Gasteiger partial charge on any atom is -0.478 e. The molecule has 0 fully saturated rings. The predicted molar refractivity (Wildman–Crippen MR) is 66.1 cm³/mol. The van der Waals surface area contributed by atoms with Crippen LogP contribution in [0.3, 0.4) is 0 Å². The van der Waals surface area contributed by atoms with Gasteiger partial charge in [0.1, 0.15) is 5.82 Å². The van der Waals surface area contributed by atoms with Crippen molar-refractivity contribution in [3.05, 3.63) is 29.6 Å². The van der Waals surface area contributed by atoms with E-state index in [0.29, 0.717) is 5.69 Å². The number of carbonyl (C=O) groups is 1. The monoisotopic (exact) mass is 239 g/mol. The first-order valence-corrected chi connectivity index (χ1v) is 5.73. The van der Waals surface area contributed by atoms with Gasteiger partial charge in [-0.1, -0.05) is 13.3 Å². The Morgan fingerprint density at radius 3 is 2.71 bits per heavy atom. The molecule has 1 aromatic rings. The zero-order chi connectivity index (χ0) is 13.0. The van der Waals surface area contributed by atoms with Crippen LogP contribution >= 0.6 is 0 Å². The molecule has 0 saturated heterocycles. The van der Waals surface area contributed by atoms with E-state index in [2.05, 4.69) is 6.92 Å². The van der Waals surface area contributed by atoms with E-state index in [1.807, 2.05) is 18.9 Å². The molecule has 17 heavy (non-hydrogen) atoms. The van der Waals surface area contributed by atoms with Crippen LogP contribution in [0.4, 0.5) is 10.1 Å². The summed E-state index contributed by atoms with van der Waals surface area (Å²) in [4.78, 5) is 12.9. The Labute approximate surface area is 101 Å². The molecule has 0 saturated carbocycles. The second kappa shape index (κ2) is 5.66. The number of hydrogen-bond acceptors (Lipinski definition) is 2. The van der Waals surface area contributed by atoms with Crippen LogP contribution in [0.2, 0.25) is 0 Å². The molecule has 1 atom stereocenters. The molecule has 94 valence electrons. The molecule has 1 rings (SSSR count). The molecule has 1 aromatic carbocycles. The van der Waals surface area contributed by atoms with Crippen molar-refractivity contribution in [2.75, 3.05) is 11.9 Å². The topological polar surface area (TPSA) is 40.5 Å². The van der Waals surface area contributed by atoms with Gasteiger partial charge >= 0.3 is 5.97 Å². The first-order chi connectivity index (χ1) is 7.97. The van der Waals surface area contributed by atoms with Crippen LogP contribution in [-0.2, 0) is 0 Å². The fraction of sp³-hybridized carbons (Fsp3) is 0.462. The van der Waals surface area contributed by atoms with Gasteiger partial charge < -0.3 is 10.0 Å². The molecule has 0 aromatic heterocycles. The summed E-state index contributed by atoms with van der Waals surface area (Å²) < 4.78 is 13.0. The number of halogens is 1. The predicted octanol–water partition coefficient (Wildman–Crippen LogP) is 3.15. The molecule has 0 heterocycles. The number of rotatable bonds is 5. The molecule has 4 heteroatoms. The van der Waals surface area contributed by atoms with Crippen LogP contribution in [0.15, 0.2) is 18.2 Å². The maximum absolute atomic E-state index is 13.0. The lowest BCUT2D eigenvalue weighted by Crippen LogP contribution is -2.30. The summed E-state index contributed by atoms with van der Waals surface area (Å²) in [7, 11) is 1.83. The van der Waals surface area contributed by atoms with Crippen molar-refractivity contribution >= 4 is 11.7 Å². The zero-order valence-corrected chi connectivity index (χ0v) is 10.4. The smallest absolute Gasteiger partial charge is 0.337 e. The number of aromatic carboxylic acids is 1. The van der Waals surface area contributed by atoms with Crippen LogP contribution in [-0.4, -0.2) is 24.2 Å². The molecule has 0 amide bonds. The van der Waals surface area contributed by atoms with Gasteiger partial charge in [-0.15, -0.1) is 0 Å². The summed E-state index contributed by atoms with van der Waals surface area (Å²) >= 11 is 0. The highest BCUT2D eigenvalue weighted by atomic mass is 19.1. The lowest BCUT2D eigenvalue weighted by molar-refractivity contribution is 0.0697. The van der Waals surface area contributed by atoms with Crippen molar-refractivity contribution in [2.45, 2.75) is 32.7 Å². The second-order valence-electron chi connectivity index (χ2n) is 4.22. The van der Waals surface area contributed by atoms with Gasteiger partial charge in [0.05, 0.1) is 11.3 Å². The molecule has 0 aliphatic heterocycles. The summed E-state index contributed by atoms with van der Waals surface area (Å²) in [6.07, 6.45) is 1.99. The van der Waals surface area contributed by atoms with E-state index in [1.165, 1.54) is 12.1 Å². The minimum atomic E-state index is -1.10. The number of nitrogens with zero attached hydrogens (tertiary/aromatic N) is 1. The van der Waals surface area contributed by atoms with Crippen molar-refractivity contribution in [3.8, 4) is 0 Å². The molecule has 0 bridgehead atoms. The van der Waals surface area contributed by atoms with Gasteiger partial charge in [0.25, 0.3) is 0 Å². The van der Waals surface area contributed by atoms with Crippen LogP contribution in [0.5, 0.6) is 0 Å². The third kappa shape index (κ3) is 3.19. The first kappa shape index (κ1) is 13.5. The fourth-order valence-corrected chi connectivity index (χ4v) is 1.84. The van der Waals surface area contributed by atoms with Gasteiger partial charge in [-0.05, 0) is 31.5 Å². The van der Waals surface area contributed by atoms with Crippen molar-refractivity contribution < 1.29 is 14.3 Å². The third-order valence-electron chi connectivity index (χ3n) is 2.94. The van der Waals surface area contributed by atoms with Crippen LogP contribution in [0.25, 0.3) is 0 Å². The van der Waals surface area contributed by atoms with Crippen LogP contribution in [0, 0.1) is 5.82 Å². The molecule has 0 aliphatic rings. The molecule has 0 radical (unpaired) electrons. The van der Waals surface area contributed by atoms with E-state index in [9.17, 15) is 9.18 Å². The average molecular weight is 239 g/mol.